The SMILES string of the molecule is CCC[C@H]1N(C(=O)c2ncccc2C(F)(F)F)CCC[C@@]1(Oc1csc(C(F)(F)F)c1)C(=O)N1CCC(O)(c2ccccc2O[C@@H]2CC[C@@H](CC(=O)O)C2)CC1. The van der Waals surface area contributed by atoms with Gasteiger partial charge in [-0.05, 0) is 69.1 Å². The van der Waals surface area contributed by atoms with E-state index in [1.54, 1.807) is 31.2 Å². The molecule has 0 unspecified atom stereocenters. The number of likely N-dealkylation sites (tertiary alicyclic amines) is 2. The van der Waals surface area contributed by atoms with Crippen molar-refractivity contribution in [3.8, 4) is 11.5 Å². The summed E-state index contributed by atoms with van der Waals surface area (Å²) in [6.45, 7) is 1.64. The third kappa shape index (κ3) is 8.62. The zero-order valence-electron chi connectivity index (χ0n) is 30.6. The molecule has 2 aliphatic heterocycles. The van der Waals surface area contributed by atoms with Gasteiger partial charge in [-0.1, -0.05) is 31.5 Å². The van der Waals surface area contributed by atoms with Crippen LogP contribution in [0.5, 0.6) is 11.5 Å². The van der Waals surface area contributed by atoms with Crippen LogP contribution >= 0.6 is 11.3 Å². The summed E-state index contributed by atoms with van der Waals surface area (Å²) < 4.78 is 95.9. The third-order valence-electron chi connectivity index (χ3n) is 11.0. The zero-order chi connectivity index (χ0) is 40.5. The van der Waals surface area contributed by atoms with Gasteiger partial charge in [-0.25, -0.2) is 0 Å². The number of ether oxygens (including phenoxy) is 2. The normalized spacial score (nSPS) is 24.2. The van der Waals surface area contributed by atoms with Crippen LogP contribution in [0.2, 0.25) is 0 Å². The molecule has 4 heterocycles. The maximum Gasteiger partial charge on any atom is 0.425 e. The summed E-state index contributed by atoms with van der Waals surface area (Å²) in [7, 11) is 0. The van der Waals surface area contributed by atoms with Gasteiger partial charge in [0.2, 0.25) is 5.60 Å². The first-order valence-electron chi connectivity index (χ1n) is 18.6. The van der Waals surface area contributed by atoms with Gasteiger partial charge in [-0.15, -0.1) is 11.3 Å². The minimum absolute atomic E-state index is 0.0242. The summed E-state index contributed by atoms with van der Waals surface area (Å²) in [5.74, 6) is -2.48. The minimum atomic E-state index is -4.92. The lowest BCUT2D eigenvalue weighted by molar-refractivity contribution is -0.163. The molecular weight excluding hydrogens is 768 g/mol. The van der Waals surface area contributed by atoms with Crippen LogP contribution in [0, 0.1) is 5.92 Å². The van der Waals surface area contributed by atoms with Crippen LogP contribution in [0.15, 0.2) is 54.0 Å². The van der Waals surface area contributed by atoms with Crippen LogP contribution in [-0.2, 0) is 27.5 Å². The van der Waals surface area contributed by atoms with Crippen LogP contribution in [0.4, 0.5) is 26.3 Å². The number of nitrogens with zero attached hydrogens (tertiary/aromatic N) is 3. The Morgan fingerprint density at radius 2 is 1.71 bits per heavy atom. The summed E-state index contributed by atoms with van der Waals surface area (Å²) in [6.07, 6.45) is -6.37. The van der Waals surface area contributed by atoms with Crippen molar-refractivity contribution in [1.29, 1.82) is 0 Å². The van der Waals surface area contributed by atoms with Crippen LogP contribution < -0.4 is 9.47 Å². The number of pyridine rings is 1. The number of rotatable bonds is 11. The fourth-order valence-electron chi connectivity index (χ4n) is 8.39. The lowest BCUT2D eigenvalue weighted by Gasteiger charge is -2.51. The highest BCUT2D eigenvalue weighted by atomic mass is 32.1. The first kappa shape index (κ1) is 41.3. The molecule has 2 N–H and O–H groups in total. The number of para-hydroxylation sites is 1. The molecule has 3 aromatic rings. The van der Waals surface area contributed by atoms with E-state index in [-0.39, 0.29) is 75.9 Å². The molecule has 10 nitrogen and oxygen atoms in total. The fourth-order valence-corrected chi connectivity index (χ4v) is 9.07. The molecule has 1 aromatic carbocycles. The van der Waals surface area contributed by atoms with E-state index in [4.69, 9.17) is 9.47 Å². The number of aromatic nitrogens is 1. The van der Waals surface area contributed by atoms with Crippen molar-refractivity contribution in [2.75, 3.05) is 19.6 Å². The molecule has 56 heavy (non-hydrogen) atoms. The molecule has 1 saturated carbocycles. The Bertz CT molecular complexity index is 1900. The Labute approximate surface area is 323 Å². The van der Waals surface area contributed by atoms with Gasteiger partial charge in [-0.2, -0.15) is 26.3 Å². The van der Waals surface area contributed by atoms with E-state index in [1.807, 2.05) is 0 Å². The fraction of sp³-hybridized carbons (Fsp3) is 0.538. The van der Waals surface area contributed by atoms with Gasteiger partial charge in [0.05, 0.1) is 23.3 Å². The molecule has 4 atom stereocenters. The first-order valence-corrected chi connectivity index (χ1v) is 19.5. The molecule has 6 rings (SSSR count). The minimum Gasteiger partial charge on any atom is -0.490 e. The highest BCUT2D eigenvalue weighted by Crippen LogP contribution is 2.45. The Morgan fingerprint density at radius 1 is 0.982 bits per heavy atom. The van der Waals surface area contributed by atoms with Gasteiger partial charge in [0.25, 0.3) is 11.8 Å². The van der Waals surface area contributed by atoms with E-state index in [1.165, 1.54) is 4.90 Å². The summed E-state index contributed by atoms with van der Waals surface area (Å²) in [6, 6.07) is 8.32. The zero-order valence-corrected chi connectivity index (χ0v) is 31.4. The standard InChI is InChI=1S/C39H43F6N3O7S/c1-2-7-30-37(55-26-22-31(56-23-26)39(43,44)45,13-6-17-48(30)34(51)33-28(38(40,41)42)9-5-16-46-33)35(52)47-18-14-36(53,15-19-47)27-8-3-4-10-29(27)54-25-12-11-24(20-25)21-32(49)50/h3-5,8-10,16,22-25,30,53H,2,6-7,11-15,17-21H2,1H3,(H,49,50)/t24-,25-,30-,37+/m1/s1. The van der Waals surface area contributed by atoms with Crippen LogP contribution in [0.3, 0.4) is 0 Å². The second-order valence-corrected chi connectivity index (χ2v) is 15.7. The molecule has 3 aliphatic rings. The van der Waals surface area contributed by atoms with E-state index in [0.29, 0.717) is 48.3 Å². The Balaban J connectivity index is 1.30. The van der Waals surface area contributed by atoms with Crippen molar-refractivity contribution >= 4 is 29.1 Å². The lowest BCUT2D eigenvalue weighted by atomic mass is 9.78. The third-order valence-corrected chi connectivity index (χ3v) is 12.0. The number of hydrogen-bond acceptors (Lipinski definition) is 8. The van der Waals surface area contributed by atoms with Gasteiger partial charge < -0.3 is 29.5 Å². The number of alkyl halides is 6. The number of carbonyl (C=O) groups is 3. The van der Waals surface area contributed by atoms with Crippen molar-refractivity contribution in [3.63, 3.8) is 0 Å². The molecule has 0 radical (unpaired) electrons. The van der Waals surface area contributed by atoms with Gasteiger partial charge in [-0.3, -0.25) is 19.4 Å². The van der Waals surface area contributed by atoms with Gasteiger partial charge >= 0.3 is 18.3 Å². The number of carboxylic acids is 1. The van der Waals surface area contributed by atoms with Crippen molar-refractivity contribution in [3.05, 3.63) is 75.7 Å². The highest BCUT2D eigenvalue weighted by Gasteiger charge is 2.57. The number of piperidine rings is 2. The molecule has 1 aliphatic carbocycles. The quantitative estimate of drug-likeness (QED) is 0.187. The molecule has 2 aromatic heterocycles. The van der Waals surface area contributed by atoms with Gasteiger partial charge in [0, 0.05) is 55.7 Å². The van der Waals surface area contributed by atoms with E-state index in [2.05, 4.69) is 4.98 Å². The number of aliphatic carboxylic acids is 1. The molecule has 304 valence electrons. The largest absolute Gasteiger partial charge is 0.490 e. The van der Waals surface area contributed by atoms with Crippen LogP contribution in [-0.4, -0.2) is 80.2 Å². The van der Waals surface area contributed by atoms with E-state index in [0.717, 1.165) is 34.7 Å². The Morgan fingerprint density at radius 3 is 2.38 bits per heavy atom. The average molecular weight is 812 g/mol. The van der Waals surface area contributed by atoms with Gasteiger partial charge in [0.15, 0.2) is 0 Å². The number of carbonyl (C=O) groups excluding carboxylic acids is 2. The number of amides is 2. The number of thiophene rings is 1. The maximum atomic E-state index is 15.0. The lowest BCUT2D eigenvalue weighted by Crippen LogP contribution is -2.68. The maximum absolute atomic E-state index is 15.0. The first-order chi connectivity index (χ1) is 26.4. The average Bonchev–Trinajstić information content (AvgIpc) is 3.81. The summed E-state index contributed by atoms with van der Waals surface area (Å²) in [5.41, 5.74) is -5.08. The predicted molar refractivity (Wildman–Crippen MR) is 191 cm³/mol. The van der Waals surface area contributed by atoms with Crippen LogP contribution in [0.1, 0.15) is 97.6 Å². The second kappa shape index (κ2) is 16.2. The number of carboxylic acid groups (broad SMARTS) is 1. The number of hydrogen-bond donors (Lipinski definition) is 2. The molecule has 2 amide bonds. The number of aliphatic hydroxyl groups is 1. The van der Waals surface area contributed by atoms with E-state index in [9.17, 15) is 50.9 Å². The van der Waals surface area contributed by atoms with Crippen molar-refractivity contribution in [2.45, 2.75) is 107 Å². The van der Waals surface area contributed by atoms with Crippen molar-refractivity contribution in [1.82, 2.24) is 14.8 Å². The van der Waals surface area contributed by atoms with Crippen molar-refractivity contribution < 1.29 is 60.4 Å². The molecule has 17 heteroatoms. The van der Waals surface area contributed by atoms with Crippen molar-refractivity contribution in [2.24, 2.45) is 5.92 Å². The topological polar surface area (TPSA) is 130 Å². The second-order valence-electron chi connectivity index (χ2n) is 14.8. The van der Waals surface area contributed by atoms with Gasteiger partial charge in [0.1, 0.15) is 22.1 Å². The molecule has 0 bridgehead atoms. The monoisotopic (exact) mass is 811 g/mol. The smallest absolute Gasteiger partial charge is 0.425 e. The van der Waals surface area contributed by atoms with E-state index < -0.39 is 63.5 Å². The molecule has 3 fully saturated rings. The molecular formula is C39H43F6N3O7S. The number of halogens is 6. The summed E-state index contributed by atoms with van der Waals surface area (Å²) in [5, 5.41) is 22.4. The Kier molecular flexibility index (Phi) is 12.0. The molecule has 2 saturated heterocycles. The summed E-state index contributed by atoms with van der Waals surface area (Å²) >= 11 is 0.365. The highest BCUT2D eigenvalue weighted by molar-refractivity contribution is 7.10. The molecule has 0 spiro atoms. The predicted octanol–water partition coefficient (Wildman–Crippen LogP) is 7.94. The number of benzene rings is 1. The van der Waals surface area contributed by atoms with E-state index >= 15 is 0 Å². The Hall–Kier alpha value is -4.38. The van der Waals surface area contributed by atoms with Crippen LogP contribution in [0.25, 0.3) is 0 Å². The summed E-state index contributed by atoms with van der Waals surface area (Å²) in [4.78, 5) is 45.6.